The Bertz CT molecular complexity index is 659. The first-order valence-corrected chi connectivity index (χ1v) is 7.10. The van der Waals surface area contributed by atoms with Gasteiger partial charge >= 0.3 is 0 Å². The zero-order valence-corrected chi connectivity index (χ0v) is 12.7. The number of rotatable bonds is 6. The molecule has 0 spiro atoms. The van der Waals surface area contributed by atoms with E-state index in [4.69, 9.17) is 4.74 Å². The summed E-state index contributed by atoms with van der Waals surface area (Å²) in [5, 5.41) is 0. The Hall–Kier alpha value is -2.35. The summed E-state index contributed by atoms with van der Waals surface area (Å²) < 4.78 is 5.83. The van der Waals surface area contributed by atoms with Gasteiger partial charge < -0.3 is 4.74 Å². The average Bonchev–Trinajstić information content (AvgIpc) is 2.49. The van der Waals surface area contributed by atoms with E-state index >= 15 is 0 Å². The van der Waals surface area contributed by atoms with Crippen LogP contribution >= 0.6 is 0 Å². The van der Waals surface area contributed by atoms with E-state index in [1.807, 2.05) is 24.3 Å². The van der Waals surface area contributed by atoms with Crippen molar-refractivity contribution in [1.29, 1.82) is 0 Å². The summed E-state index contributed by atoms with van der Waals surface area (Å²) in [7, 11) is 0. The molecule has 1 aromatic carbocycles. The van der Waals surface area contributed by atoms with Crippen molar-refractivity contribution in [2.45, 2.75) is 20.3 Å². The van der Waals surface area contributed by atoms with Crippen LogP contribution in [-0.2, 0) is 0 Å². The van der Waals surface area contributed by atoms with Crippen LogP contribution in [0.3, 0.4) is 0 Å². The molecule has 21 heavy (non-hydrogen) atoms. The second-order valence-electron chi connectivity index (χ2n) is 5.01. The highest BCUT2D eigenvalue weighted by Crippen LogP contribution is 2.30. The van der Waals surface area contributed by atoms with Gasteiger partial charge in [-0.3, -0.25) is 0 Å². The summed E-state index contributed by atoms with van der Waals surface area (Å²) in [6.45, 7) is 12.3. The highest BCUT2D eigenvalue weighted by Gasteiger charge is 2.09. The van der Waals surface area contributed by atoms with Crippen LogP contribution in [0.15, 0.2) is 49.6 Å². The van der Waals surface area contributed by atoms with Gasteiger partial charge in [-0.05, 0) is 55.7 Å². The van der Waals surface area contributed by atoms with Gasteiger partial charge in [-0.1, -0.05) is 24.8 Å². The van der Waals surface area contributed by atoms with Gasteiger partial charge in [-0.2, -0.15) is 0 Å². The molecule has 0 radical (unpaired) electrons. The number of hydrogen-bond donors (Lipinski definition) is 0. The van der Waals surface area contributed by atoms with E-state index in [0.717, 1.165) is 34.7 Å². The second-order valence-corrected chi connectivity index (χ2v) is 5.01. The lowest BCUT2D eigenvalue weighted by atomic mass is 10.0. The van der Waals surface area contributed by atoms with Crippen molar-refractivity contribution in [1.82, 2.24) is 4.98 Å². The van der Waals surface area contributed by atoms with Crippen LogP contribution in [0.2, 0.25) is 0 Å². The third-order valence-corrected chi connectivity index (χ3v) is 3.36. The first kappa shape index (κ1) is 15.0. The van der Waals surface area contributed by atoms with E-state index in [1.54, 1.807) is 6.08 Å². The molecule has 0 aliphatic rings. The highest BCUT2D eigenvalue weighted by molar-refractivity contribution is 5.67. The van der Waals surface area contributed by atoms with Gasteiger partial charge in [0.1, 0.15) is 5.75 Å². The minimum absolute atomic E-state index is 0.646. The number of aromatic nitrogens is 1. The van der Waals surface area contributed by atoms with E-state index in [-0.39, 0.29) is 0 Å². The molecule has 2 rings (SSSR count). The zero-order chi connectivity index (χ0) is 15.2. The normalized spacial score (nSPS) is 10.2. The van der Waals surface area contributed by atoms with E-state index in [0.29, 0.717) is 6.61 Å². The van der Waals surface area contributed by atoms with Crippen LogP contribution in [0, 0.1) is 13.8 Å². The summed E-state index contributed by atoms with van der Waals surface area (Å²) >= 11 is 0. The Morgan fingerprint density at radius 3 is 2.67 bits per heavy atom. The van der Waals surface area contributed by atoms with E-state index in [2.05, 4.69) is 44.1 Å². The van der Waals surface area contributed by atoms with Gasteiger partial charge in [0.2, 0.25) is 0 Å². The lowest BCUT2D eigenvalue weighted by molar-refractivity contribution is 0.323. The van der Waals surface area contributed by atoms with Crippen molar-refractivity contribution < 1.29 is 4.74 Å². The average molecular weight is 279 g/mol. The molecule has 0 saturated heterocycles. The van der Waals surface area contributed by atoms with Gasteiger partial charge in [0.15, 0.2) is 0 Å². The second kappa shape index (κ2) is 6.89. The molecule has 1 aromatic heterocycles. The van der Waals surface area contributed by atoms with Crippen molar-refractivity contribution in [2.75, 3.05) is 6.61 Å². The van der Waals surface area contributed by atoms with Crippen LogP contribution in [0.25, 0.3) is 17.3 Å². The Labute approximate surface area is 126 Å². The number of benzene rings is 1. The van der Waals surface area contributed by atoms with Crippen molar-refractivity contribution in [3.05, 3.63) is 66.4 Å². The smallest absolute Gasteiger partial charge is 0.122 e. The molecule has 2 nitrogen and oxygen atoms in total. The van der Waals surface area contributed by atoms with Crippen LogP contribution in [0.4, 0.5) is 0 Å². The van der Waals surface area contributed by atoms with Gasteiger partial charge in [0, 0.05) is 5.56 Å². The maximum absolute atomic E-state index is 5.83. The maximum Gasteiger partial charge on any atom is 0.122 e. The summed E-state index contributed by atoms with van der Waals surface area (Å²) in [4.78, 5) is 4.60. The summed E-state index contributed by atoms with van der Waals surface area (Å²) in [5.41, 5.74) is 5.25. The molecular weight excluding hydrogens is 258 g/mol. The fraction of sp³-hybridized carbons (Fsp3) is 0.211. The SMILES string of the molecule is C=CCCOc1cc(-c2cccc(C=C)n2)c(C)cc1C. The molecule has 2 aromatic rings. The number of pyridine rings is 1. The van der Waals surface area contributed by atoms with Crippen molar-refractivity contribution in [3.63, 3.8) is 0 Å². The molecule has 108 valence electrons. The number of nitrogens with zero attached hydrogens (tertiary/aromatic N) is 1. The minimum Gasteiger partial charge on any atom is -0.493 e. The molecule has 0 unspecified atom stereocenters. The van der Waals surface area contributed by atoms with E-state index < -0.39 is 0 Å². The number of aryl methyl sites for hydroxylation is 2. The fourth-order valence-corrected chi connectivity index (χ4v) is 2.23. The Balaban J connectivity index is 2.40. The molecule has 0 aliphatic carbocycles. The van der Waals surface area contributed by atoms with Gasteiger partial charge in [-0.25, -0.2) is 4.98 Å². The van der Waals surface area contributed by atoms with Crippen LogP contribution in [-0.4, -0.2) is 11.6 Å². The van der Waals surface area contributed by atoms with E-state index in [1.165, 1.54) is 5.56 Å². The highest BCUT2D eigenvalue weighted by atomic mass is 16.5. The van der Waals surface area contributed by atoms with Crippen LogP contribution in [0.1, 0.15) is 23.2 Å². The molecule has 0 N–H and O–H groups in total. The predicted octanol–water partition coefficient (Wildman–Crippen LogP) is 4.96. The monoisotopic (exact) mass is 279 g/mol. The fourth-order valence-electron chi connectivity index (χ4n) is 2.23. The first-order chi connectivity index (χ1) is 10.2. The number of hydrogen-bond acceptors (Lipinski definition) is 2. The molecule has 0 aliphatic heterocycles. The van der Waals surface area contributed by atoms with Crippen LogP contribution in [0.5, 0.6) is 5.75 Å². The topological polar surface area (TPSA) is 22.1 Å². The first-order valence-electron chi connectivity index (χ1n) is 7.10. The molecule has 0 bridgehead atoms. The molecular formula is C19H21NO. The third-order valence-electron chi connectivity index (χ3n) is 3.36. The molecule has 1 heterocycles. The van der Waals surface area contributed by atoms with Gasteiger partial charge in [0.25, 0.3) is 0 Å². The van der Waals surface area contributed by atoms with Crippen molar-refractivity contribution >= 4 is 6.08 Å². The van der Waals surface area contributed by atoms with Crippen molar-refractivity contribution in [3.8, 4) is 17.0 Å². The Morgan fingerprint density at radius 1 is 1.14 bits per heavy atom. The molecule has 0 amide bonds. The van der Waals surface area contributed by atoms with Gasteiger partial charge in [-0.15, -0.1) is 6.58 Å². The minimum atomic E-state index is 0.646. The molecule has 0 saturated carbocycles. The van der Waals surface area contributed by atoms with Gasteiger partial charge in [0.05, 0.1) is 18.0 Å². The molecule has 2 heteroatoms. The summed E-state index contributed by atoms with van der Waals surface area (Å²) in [6, 6.07) is 10.2. The summed E-state index contributed by atoms with van der Waals surface area (Å²) in [6.07, 6.45) is 4.46. The van der Waals surface area contributed by atoms with Crippen LogP contribution < -0.4 is 4.74 Å². The van der Waals surface area contributed by atoms with Crippen molar-refractivity contribution in [2.24, 2.45) is 0 Å². The largest absolute Gasteiger partial charge is 0.493 e. The standard InChI is InChI=1S/C19H21NO/c1-5-7-11-21-19-13-17(14(3)12-15(19)4)18-10-8-9-16(6-2)20-18/h5-6,8-10,12-13H,1-2,7,11H2,3-4H3. The predicted molar refractivity (Wildman–Crippen MR) is 89.5 cm³/mol. The summed E-state index contributed by atoms with van der Waals surface area (Å²) in [5.74, 6) is 0.906. The number of ether oxygens (including phenoxy) is 1. The zero-order valence-electron chi connectivity index (χ0n) is 12.7. The van der Waals surface area contributed by atoms with E-state index in [9.17, 15) is 0 Å². The molecule has 0 atom stereocenters. The third kappa shape index (κ3) is 3.60. The molecule has 0 fully saturated rings. The Kier molecular flexibility index (Phi) is 4.94. The maximum atomic E-state index is 5.83. The quantitative estimate of drug-likeness (QED) is 0.550. The lowest BCUT2D eigenvalue weighted by Gasteiger charge is -2.13. The lowest BCUT2D eigenvalue weighted by Crippen LogP contribution is -1.99. The Morgan fingerprint density at radius 2 is 1.95 bits per heavy atom.